The molecule has 128 valence electrons. The molecular formula is C18H22ClN3O2. The van der Waals surface area contributed by atoms with Crippen molar-refractivity contribution in [1.29, 1.82) is 0 Å². The van der Waals surface area contributed by atoms with E-state index in [4.69, 9.17) is 16.3 Å². The van der Waals surface area contributed by atoms with E-state index in [1.165, 1.54) is 0 Å². The van der Waals surface area contributed by atoms with E-state index in [2.05, 4.69) is 10.3 Å². The monoisotopic (exact) mass is 347 g/mol. The highest BCUT2D eigenvalue weighted by atomic mass is 35.5. The molecule has 1 N–H and O–H groups in total. The summed E-state index contributed by atoms with van der Waals surface area (Å²) in [6, 6.07) is 7.50. The number of benzene rings is 1. The number of nitrogens with one attached hydrogen (secondary N) is 1. The summed E-state index contributed by atoms with van der Waals surface area (Å²) in [5, 5.41) is 5.06. The molecule has 2 heterocycles. The van der Waals surface area contributed by atoms with E-state index in [1.807, 2.05) is 36.1 Å². The minimum Gasteiger partial charge on any atom is -0.378 e. The van der Waals surface area contributed by atoms with Gasteiger partial charge in [0.25, 0.3) is 0 Å². The van der Waals surface area contributed by atoms with Crippen molar-refractivity contribution in [3.63, 3.8) is 0 Å². The Labute approximate surface area is 146 Å². The average molecular weight is 348 g/mol. The van der Waals surface area contributed by atoms with Gasteiger partial charge < -0.3 is 15.0 Å². The van der Waals surface area contributed by atoms with Gasteiger partial charge in [-0.05, 0) is 30.2 Å². The van der Waals surface area contributed by atoms with Crippen LogP contribution >= 0.6 is 11.6 Å². The van der Waals surface area contributed by atoms with Gasteiger partial charge in [0, 0.05) is 36.2 Å². The molecule has 1 fully saturated rings. The zero-order chi connectivity index (χ0) is 16.9. The fourth-order valence-corrected chi connectivity index (χ4v) is 3.26. The summed E-state index contributed by atoms with van der Waals surface area (Å²) in [6.45, 7) is 5.14. The summed E-state index contributed by atoms with van der Waals surface area (Å²) in [4.78, 5) is 19.0. The van der Waals surface area contributed by atoms with Gasteiger partial charge >= 0.3 is 0 Å². The molecule has 1 aliphatic rings. The maximum atomic E-state index is 12.6. The van der Waals surface area contributed by atoms with Crippen molar-refractivity contribution >= 4 is 28.4 Å². The Morgan fingerprint density at radius 1 is 1.42 bits per heavy atom. The van der Waals surface area contributed by atoms with Crippen LogP contribution in [0.3, 0.4) is 0 Å². The van der Waals surface area contributed by atoms with Gasteiger partial charge in [-0.1, -0.05) is 24.6 Å². The molecule has 3 rings (SSSR count). The SMILES string of the molecule is CC[C@@H](NCc1cc(Cl)cc2cccnc12)C(=O)N1CCOCC1. The van der Waals surface area contributed by atoms with Crippen molar-refractivity contribution in [1.82, 2.24) is 15.2 Å². The smallest absolute Gasteiger partial charge is 0.239 e. The molecule has 0 radical (unpaired) electrons. The van der Waals surface area contributed by atoms with Gasteiger partial charge in [-0.25, -0.2) is 0 Å². The van der Waals surface area contributed by atoms with Gasteiger partial charge in [-0.3, -0.25) is 9.78 Å². The lowest BCUT2D eigenvalue weighted by Crippen LogP contribution is -2.50. The van der Waals surface area contributed by atoms with E-state index < -0.39 is 0 Å². The second-order valence-electron chi connectivity index (χ2n) is 5.92. The number of hydrogen-bond acceptors (Lipinski definition) is 4. The van der Waals surface area contributed by atoms with Crippen LogP contribution in [0.5, 0.6) is 0 Å². The Hall–Kier alpha value is -1.69. The number of rotatable bonds is 5. The molecule has 24 heavy (non-hydrogen) atoms. The molecule has 0 bridgehead atoms. The molecule has 0 aliphatic carbocycles. The Morgan fingerprint density at radius 3 is 2.96 bits per heavy atom. The standard InChI is InChI=1S/C18H22ClN3O2/c1-2-16(18(23)22-6-8-24-9-7-22)21-12-14-11-15(19)10-13-4-3-5-20-17(13)14/h3-5,10-11,16,21H,2,6-9,12H2,1H3/t16-/m1/s1. The van der Waals surface area contributed by atoms with Crippen molar-refractivity contribution in [2.75, 3.05) is 26.3 Å². The van der Waals surface area contributed by atoms with Gasteiger partial charge in [0.1, 0.15) is 0 Å². The summed E-state index contributed by atoms with van der Waals surface area (Å²) < 4.78 is 5.32. The third kappa shape index (κ3) is 3.86. The van der Waals surface area contributed by atoms with Gasteiger partial charge in [0.15, 0.2) is 0 Å². The quantitative estimate of drug-likeness (QED) is 0.903. The number of carbonyl (C=O) groups is 1. The van der Waals surface area contributed by atoms with E-state index >= 15 is 0 Å². The lowest BCUT2D eigenvalue weighted by molar-refractivity contribution is -0.137. The number of fused-ring (bicyclic) bond motifs is 1. The first-order valence-corrected chi connectivity index (χ1v) is 8.70. The molecule has 1 aromatic carbocycles. The second-order valence-corrected chi connectivity index (χ2v) is 6.36. The number of amides is 1. The zero-order valence-corrected chi connectivity index (χ0v) is 14.6. The molecule has 1 saturated heterocycles. The van der Waals surface area contributed by atoms with Gasteiger partial charge in [0.2, 0.25) is 5.91 Å². The Bertz CT molecular complexity index is 716. The van der Waals surface area contributed by atoms with Crippen molar-refractivity contribution in [3.8, 4) is 0 Å². The van der Waals surface area contributed by atoms with Crippen LogP contribution in [-0.4, -0.2) is 48.1 Å². The van der Waals surface area contributed by atoms with Crippen molar-refractivity contribution in [3.05, 3.63) is 41.0 Å². The molecular weight excluding hydrogens is 326 g/mol. The Kier molecular flexibility index (Phi) is 5.66. The maximum absolute atomic E-state index is 12.6. The number of pyridine rings is 1. The van der Waals surface area contributed by atoms with Crippen molar-refractivity contribution in [2.45, 2.75) is 25.9 Å². The summed E-state index contributed by atoms with van der Waals surface area (Å²) in [6.07, 6.45) is 2.51. The first-order chi connectivity index (χ1) is 11.7. The summed E-state index contributed by atoms with van der Waals surface area (Å²) in [5.41, 5.74) is 1.93. The predicted molar refractivity (Wildman–Crippen MR) is 95.1 cm³/mol. The average Bonchev–Trinajstić information content (AvgIpc) is 2.62. The number of hydrogen-bond donors (Lipinski definition) is 1. The van der Waals surface area contributed by atoms with Crippen molar-refractivity contribution in [2.24, 2.45) is 0 Å². The van der Waals surface area contributed by atoms with Crippen LogP contribution in [0.2, 0.25) is 5.02 Å². The third-order valence-corrected chi connectivity index (χ3v) is 4.53. The van der Waals surface area contributed by atoms with E-state index in [-0.39, 0.29) is 11.9 Å². The molecule has 5 nitrogen and oxygen atoms in total. The van der Waals surface area contributed by atoms with E-state index in [9.17, 15) is 4.79 Å². The Balaban J connectivity index is 1.72. The van der Waals surface area contributed by atoms with E-state index in [0.29, 0.717) is 37.9 Å². The predicted octanol–water partition coefficient (Wildman–Crippen LogP) is 2.62. The number of halogens is 1. The van der Waals surface area contributed by atoms with E-state index in [0.717, 1.165) is 22.9 Å². The highest BCUT2D eigenvalue weighted by Crippen LogP contribution is 2.22. The van der Waals surface area contributed by atoms with Crippen LogP contribution in [0, 0.1) is 0 Å². The largest absolute Gasteiger partial charge is 0.378 e. The first-order valence-electron chi connectivity index (χ1n) is 8.32. The number of morpholine rings is 1. The number of carbonyl (C=O) groups excluding carboxylic acids is 1. The van der Waals surface area contributed by atoms with Crippen LogP contribution in [0.25, 0.3) is 10.9 Å². The van der Waals surface area contributed by atoms with Crippen LogP contribution in [0.15, 0.2) is 30.5 Å². The summed E-state index contributed by atoms with van der Waals surface area (Å²) in [5.74, 6) is 0.139. The first kappa shape index (κ1) is 17.1. The maximum Gasteiger partial charge on any atom is 0.239 e. The summed E-state index contributed by atoms with van der Waals surface area (Å²) in [7, 11) is 0. The fourth-order valence-electron chi connectivity index (χ4n) is 3.01. The number of ether oxygens (including phenoxy) is 1. The van der Waals surface area contributed by atoms with Crippen molar-refractivity contribution < 1.29 is 9.53 Å². The minimum absolute atomic E-state index is 0.139. The van der Waals surface area contributed by atoms with E-state index in [1.54, 1.807) is 6.20 Å². The number of nitrogens with zero attached hydrogens (tertiary/aromatic N) is 2. The van der Waals surface area contributed by atoms with Crippen LogP contribution in [-0.2, 0) is 16.1 Å². The van der Waals surface area contributed by atoms with Gasteiger partial charge in [0.05, 0.1) is 24.8 Å². The normalized spacial score (nSPS) is 16.3. The molecule has 0 spiro atoms. The Morgan fingerprint density at radius 2 is 2.21 bits per heavy atom. The molecule has 2 aromatic rings. The van der Waals surface area contributed by atoms with Crippen LogP contribution in [0.4, 0.5) is 0 Å². The highest BCUT2D eigenvalue weighted by Gasteiger charge is 2.24. The van der Waals surface area contributed by atoms with Crippen LogP contribution in [0.1, 0.15) is 18.9 Å². The minimum atomic E-state index is -0.208. The summed E-state index contributed by atoms with van der Waals surface area (Å²) >= 11 is 6.21. The zero-order valence-electron chi connectivity index (χ0n) is 13.8. The lowest BCUT2D eigenvalue weighted by Gasteiger charge is -2.30. The van der Waals surface area contributed by atoms with Gasteiger partial charge in [-0.2, -0.15) is 0 Å². The third-order valence-electron chi connectivity index (χ3n) is 4.32. The molecule has 1 aromatic heterocycles. The molecule has 0 saturated carbocycles. The second kappa shape index (κ2) is 7.92. The highest BCUT2D eigenvalue weighted by molar-refractivity contribution is 6.31. The number of aromatic nitrogens is 1. The molecule has 0 unspecified atom stereocenters. The van der Waals surface area contributed by atoms with Crippen LogP contribution < -0.4 is 5.32 Å². The van der Waals surface area contributed by atoms with Gasteiger partial charge in [-0.15, -0.1) is 0 Å². The topological polar surface area (TPSA) is 54.5 Å². The molecule has 1 aliphatic heterocycles. The lowest BCUT2D eigenvalue weighted by atomic mass is 10.1. The molecule has 1 atom stereocenters. The molecule has 1 amide bonds. The molecule has 6 heteroatoms. The fraction of sp³-hybridized carbons (Fsp3) is 0.444.